The van der Waals surface area contributed by atoms with Crippen molar-refractivity contribution in [3.63, 3.8) is 0 Å². The highest BCUT2D eigenvalue weighted by molar-refractivity contribution is 5.78. The molecule has 4 nitrogen and oxygen atoms in total. The maximum atomic E-state index is 9.87. The first-order chi connectivity index (χ1) is 19.7. The molecular weight excluding hydrogens is 506 g/mol. The molecule has 0 saturated carbocycles. The molecule has 0 amide bonds. The normalized spacial score (nSPS) is 11.3. The Labute approximate surface area is 243 Å². The van der Waals surface area contributed by atoms with Crippen LogP contribution >= 0.6 is 0 Å². The summed E-state index contributed by atoms with van der Waals surface area (Å²) in [5.41, 5.74) is 8.68. The summed E-state index contributed by atoms with van der Waals surface area (Å²) < 4.78 is 6.40. The van der Waals surface area contributed by atoms with E-state index in [1.807, 2.05) is 36.4 Å². The number of phenols is 2. The molecule has 0 atom stereocenters. The molecule has 0 saturated heterocycles. The number of rotatable bonds is 9. The molecule has 0 aromatic heterocycles. The minimum Gasteiger partial charge on any atom is -0.508 e. The second kappa shape index (κ2) is 11.8. The summed E-state index contributed by atoms with van der Waals surface area (Å²) in [5.74, 6) is 1.26. The van der Waals surface area contributed by atoms with E-state index in [0.717, 1.165) is 33.9 Å². The third-order valence-electron chi connectivity index (χ3n) is 7.96. The van der Waals surface area contributed by atoms with Crippen molar-refractivity contribution < 1.29 is 14.9 Å². The summed E-state index contributed by atoms with van der Waals surface area (Å²) in [5, 5.41) is 19.7. The van der Waals surface area contributed by atoms with Crippen molar-refractivity contribution in [2.45, 2.75) is 39.5 Å². The molecule has 0 fully saturated rings. The van der Waals surface area contributed by atoms with E-state index in [2.05, 4.69) is 87.2 Å². The highest BCUT2D eigenvalue weighted by atomic mass is 16.5. The van der Waals surface area contributed by atoms with E-state index >= 15 is 0 Å². The number of aryl methyl sites for hydroxylation is 3. The van der Waals surface area contributed by atoms with Gasteiger partial charge in [0.05, 0.1) is 6.61 Å². The second-order valence-corrected chi connectivity index (χ2v) is 11.0. The minimum absolute atomic E-state index is 0.233. The topological polar surface area (TPSA) is 52.9 Å². The van der Waals surface area contributed by atoms with Crippen LogP contribution in [0.25, 0.3) is 0 Å². The number of anilines is 3. The molecular formula is C37H37NO3. The van der Waals surface area contributed by atoms with E-state index in [1.54, 1.807) is 24.3 Å². The van der Waals surface area contributed by atoms with Gasteiger partial charge in [0.2, 0.25) is 0 Å². The average Bonchev–Trinajstić information content (AvgIpc) is 2.96. The van der Waals surface area contributed by atoms with Gasteiger partial charge in [-0.1, -0.05) is 55.5 Å². The Kier molecular flexibility index (Phi) is 8.02. The van der Waals surface area contributed by atoms with Gasteiger partial charge < -0.3 is 19.8 Å². The predicted molar refractivity (Wildman–Crippen MR) is 168 cm³/mol. The molecule has 2 N–H and O–H groups in total. The van der Waals surface area contributed by atoms with Gasteiger partial charge >= 0.3 is 0 Å². The van der Waals surface area contributed by atoms with Crippen molar-refractivity contribution in [3.8, 4) is 17.2 Å². The molecule has 0 heterocycles. The molecule has 0 aliphatic carbocycles. The standard InChI is InChI=1S/C37H37NO3/c1-26-7-5-8-31(23-26)38(33-16-11-27(2)28(3)24-33)32-9-6-10-36(25-32)41-22-21-37(4,29-12-17-34(39)18-13-29)30-14-19-35(40)20-15-30/h5-20,23-25,39-40H,21-22H2,1-4H3. The van der Waals surface area contributed by atoms with E-state index in [9.17, 15) is 10.2 Å². The minimum atomic E-state index is -0.383. The second-order valence-electron chi connectivity index (χ2n) is 11.0. The predicted octanol–water partition coefficient (Wildman–Crippen LogP) is 9.27. The molecule has 0 bridgehead atoms. The van der Waals surface area contributed by atoms with Crippen molar-refractivity contribution in [2.24, 2.45) is 0 Å². The number of ether oxygens (including phenoxy) is 1. The summed E-state index contributed by atoms with van der Waals surface area (Å²) in [7, 11) is 0. The summed E-state index contributed by atoms with van der Waals surface area (Å²) in [6.07, 6.45) is 0.700. The average molecular weight is 544 g/mol. The molecule has 0 unspecified atom stereocenters. The van der Waals surface area contributed by atoms with Crippen LogP contribution in [0, 0.1) is 20.8 Å². The highest BCUT2D eigenvalue weighted by Gasteiger charge is 2.29. The van der Waals surface area contributed by atoms with Gasteiger partial charge in [0.1, 0.15) is 17.2 Å². The number of hydrogen-bond donors (Lipinski definition) is 2. The van der Waals surface area contributed by atoms with Crippen LogP contribution < -0.4 is 9.64 Å². The summed E-state index contributed by atoms with van der Waals surface area (Å²) in [6.45, 7) is 9.04. The van der Waals surface area contributed by atoms with Crippen LogP contribution in [-0.2, 0) is 5.41 Å². The highest BCUT2D eigenvalue weighted by Crippen LogP contribution is 2.39. The fourth-order valence-electron chi connectivity index (χ4n) is 5.28. The van der Waals surface area contributed by atoms with E-state index < -0.39 is 0 Å². The fraction of sp³-hybridized carbons (Fsp3) is 0.189. The lowest BCUT2D eigenvalue weighted by Crippen LogP contribution is -2.26. The molecule has 5 aromatic carbocycles. The molecule has 41 heavy (non-hydrogen) atoms. The van der Waals surface area contributed by atoms with Gasteiger partial charge in [-0.15, -0.1) is 0 Å². The number of hydrogen-bond acceptors (Lipinski definition) is 4. The Morgan fingerprint density at radius 3 is 1.76 bits per heavy atom. The smallest absolute Gasteiger partial charge is 0.121 e. The third-order valence-corrected chi connectivity index (χ3v) is 7.96. The maximum Gasteiger partial charge on any atom is 0.121 e. The summed E-state index contributed by atoms with van der Waals surface area (Å²) >= 11 is 0. The van der Waals surface area contributed by atoms with Crippen LogP contribution in [-0.4, -0.2) is 16.8 Å². The monoisotopic (exact) mass is 543 g/mol. The van der Waals surface area contributed by atoms with Crippen molar-refractivity contribution in [1.29, 1.82) is 0 Å². The number of aromatic hydroxyl groups is 2. The lowest BCUT2D eigenvalue weighted by atomic mass is 9.74. The number of phenolic OH excluding ortho intramolecular Hbond substituents is 2. The lowest BCUT2D eigenvalue weighted by Gasteiger charge is -2.31. The molecule has 0 aliphatic heterocycles. The largest absolute Gasteiger partial charge is 0.508 e. The van der Waals surface area contributed by atoms with E-state index in [1.165, 1.54) is 16.7 Å². The summed E-state index contributed by atoms with van der Waals surface area (Å²) in [6, 6.07) is 38.0. The van der Waals surface area contributed by atoms with Gasteiger partial charge in [-0.05, 0) is 116 Å². The van der Waals surface area contributed by atoms with Crippen LogP contribution in [0.3, 0.4) is 0 Å². The Balaban J connectivity index is 1.43. The molecule has 208 valence electrons. The SMILES string of the molecule is Cc1cccc(N(c2cccc(OCCC(C)(c3ccc(O)cc3)c3ccc(O)cc3)c2)c2ccc(C)c(C)c2)c1. The number of nitrogens with zero attached hydrogens (tertiary/aromatic N) is 1. The van der Waals surface area contributed by atoms with Crippen LogP contribution in [0.5, 0.6) is 17.2 Å². The van der Waals surface area contributed by atoms with Gasteiger partial charge in [-0.2, -0.15) is 0 Å². The zero-order valence-electron chi connectivity index (χ0n) is 24.1. The van der Waals surface area contributed by atoms with Gasteiger partial charge in [0.25, 0.3) is 0 Å². The maximum absolute atomic E-state index is 9.87. The molecule has 0 radical (unpaired) electrons. The molecule has 0 spiro atoms. The fourth-order valence-corrected chi connectivity index (χ4v) is 5.28. The first-order valence-electron chi connectivity index (χ1n) is 14.0. The zero-order chi connectivity index (χ0) is 29.0. The summed E-state index contributed by atoms with van der Waals surface area (Å²) in [4.78, 5) is 2.27. The molecule has 4 heteroatoms. The van der Waals surface area contributed by atoms with E-state index in [0.29, 0.717) is 13.0 Å². The molecule has 5 rings (SSSR count). The van der Waals surface area contributed by atoms with Crippen LogP contribution in [0.15, 0.2) is 115 Å². The van der Waals surface area contributed by atoms with Gasteiger partial charge in [-0.3, -0.25) is 0 Å². The Morgan fingerprint density at radius 2 is 1.17 bits per heavy atom. The molecule has 0 aliphatic rings. The van der Waals surface area contributed by atoms with Gasteiger partial charge in [0.15, 0.2) is 0 Å². The first-order valence-corrected chi connectivity index (χ1v) is 14.0. The Hall–Kier alpha value is -4.70. The van der Waals surface area contributed by atoms with Gasteiger partial charge in [-0.25, -0.2) is 0 Å². The lowest BCUT2D eigenvalue weighted by molar-refractivity contribution is 0.280. The Morgan fingerprint density at radius 1 is 0.610 bits per heavy atom. The van der Waals surface area contributed by atoms with Gasteiger partial charge in [0, 0.05) is 28.5 Å². The van der Waals surface area contributed by atoms with Crippen molar-refractivity contribution >= 4 is 17.1 Å². The van der Waals surface area contributed by atoms with Crippen LogP contribution in [0.4, 0.5) is 17.1 Å². The van der Waals surface area contributed by atoms with E-state index in [-0.39, 0.29) is 16.9 Å². The van der Waals surface area contributed by atoms with E-state index in [4.69, 9.17) is 4.74 Å². The van der Waals surface area contributed by atoms with Crippen LogP contribution in [0.1, 0.15) is 41.2 Å². The molecule has 5 aromatic rings. The quantitative estimate of drug-likeness (QED) is 0.195. The van der Waals surface area contributed by atoms with Crippen molar-refractivity contribution in [1.82, 2.24) is 0 Å². The van der Waals surface area contributed by atoms with Crippen molar-refractivity contribution in [3.05, 3.63) is 143 Å². The zero-order valence-corrected chi connectivity index (χ0v) is 24.1. The third kappa shape index (κ3) is 6.22. The first kappa shape index (κ1) is 27.9. The van der Waals surface area contributed by atoms with Crippen LogP contribution in [0.2, 0.25) is 0 Å². The number of benzene rings is 5. The van der Waals surface area contributed by atoms with Crippen molar-refractivity contribution in [2.75, 3.05) is 11.5 Å². The Bertz CT molecular complexity index is 1580.